The summed E-state index contributed by atoms with van der Waals surface area (Å²) in [5.74, 6) is 1.14. The Kier molecular flexibility index (Phi) is 4.45. The number of nitrogens with zero attached hydrogens (tertiary/aromatic N) is 2. The van der Waals surface area contributed by atoms with Crippen molar-refractivity contribution in [3.63, 3.8) is 0 Å². The van der Waals surface area contributed by atoms with Crippen LogP contribution in [-0.2, 0) is 16.1 Å². The molecule has 0 saturated heterocycles. The third-order valence-electron chi connectivity index (χ3n) is 4.52. The standard InChI is InChI=1S/C19H24N2O3/c1-13-10-19(3,4)21(17-8-6-5-7-16(13)17)18(22)12-23-11-15-9-14(2)24-20-15/h5-9,13H,10-12H2,1-4H3. The van der Waals surface area contributed by atoms with Crippen molar-refractivity contribution in [2.45, 2.75) is 52.2 Å². The van der Waals surface area contributed by atoms with Crippen LogP contribution in [0, 0.1) is 6.92 Å². The number of carbonyl (C=O) groups is 1. The fourth-order valence-corrected chi connectivity index (χ4v) is 3.65. The van der Waals surface area contributed by atoms with E-state index in [0.717, 1.165) is 17.9 Å². The number of carbonyl (C=O) groups excluding carboxylic acids is 1. The summed E-state index contributed by atoms with van der Waals surface area (Å²) in [7, 11) is 0. The van der Waals surface area contributed by atoms with Crippen LogP contribution in [-0.4, -0.2) is 23.2 Å². The Morgan fingerprint density at radius 2 is 2.17 bits per heavy atom. The largest absolute Gasteiger partial charge is 0.365 e. The average Bonchev–Trinajstić information content (AvgIpc) is 2.92. The van der Waals surface area contributed by atoms with Crippen molar-refractivity contribution in [3.8, 4) is 0 Å². The molecule has 0 spiro atoms. The molecule has 5 heteroatoms. The fraction of sp³-hybridized carbons (Fsp3) is 0.474. The molecule has 24 heavy (non-hydrogen) atoms. The van der Waals surface area contributed by atoms with Gasteiger partial charge < -0.3 is 14.2 Å². The second-order valence-corrected chi connectivity index (χ2v) is 7.13. The van der Waals surface area contributed by atoms with Crippen LogP contribution in [0.15, 0.2) is 34.9 Å². The van der Waals surface area contributed by atoms with Crippen molar-refractivity contribution in [1.29, 1.82) is 0 Å². The number of rotatable bonds is 4. The predicted octanol–water partition coefficient (Wildman–Crippen LogP) is 3.82. The molecule has 0 saturated carbocycles. The number of benzene rings is 1. The summed E-state index contributed by atoms with van der Waals surface area (Å²) in [6, 6.07) is 9.94. The third kappa shape index (κ3) is 3.22. The van der Waals surface area contributed by atoms with Gasteiger partial charge in [0.05, 0.1) is 6.61 Å². The highest BCUT2D eigenvalue weighted by atomic mass is 16.5. The Hall–Kier alpha value is -2.14. The molecule has 3 rings (SSSR count). The van der Waals surface area contributed by atoms with Gasteiger partial charge in [0.2, 0.25) is 0 Å². The van der Waals surface area contributed by atoms with E-state index in [1.807, 2.05) is 36.1 Å². The number of fused-ring (bicyclic) bond motifs is 1. The van der Waals surface area contributed by atoms with E-state index in [1.165, 1.54) is 5.56 Å². The first-order valence-corrected chi connectivity index (χ1v) is 8.30. The monoisotopic (exact) mass is 328 g/mol. The Labute approximate surface area is 142 Å². The Morgan fingerprint density at radius 1 is 1.42 bits per heavy atom. The van der Waals surface area contributed by atoms with Gasteiger partial charge in [0.1, 0.15) is 18.1 Å². The van der Waals surface area contributed by atoms with E-state index in [-0.39, 0.29) is 24.7 Å². The first-order chi connectivity index (χ1) is 11.4. The van der Waals surface area contributed by atoms with E-state index in [0.29, 0.717) is 11.6 Å². The lowest BCUT2D eigenvalue weighted by Gasteiger charge is -2.46. The molecule has 1 aromatic carbocycles. The molecule has 2 heterocycles. The molecule has 1 aromatic heterocycles. The van der Waals surface area contributed by atoms with Crippen LogP contribution in [0.1, 0.15) is 50.1 Å². The van der Waals surface area contributed by atoms with Gasteiger partial charge in [-0.25, -0.2) is 0 Å². The molecule has 0 aliphatic carbocycles. The van der Waals surface area contributed by atoms with Crippen molar-refractivity contribution in [3.05, 3.63) is 47.3 Å². The van der Waals surface area contributed by atoms with E-state index >= 15 is 0 Å². The van der Waals surface area contributed by atoms with Crippen molar-refractivity contribution in [2.75, 3.05) is 11.5 Å². The highest BCUT2D eigenvalue weighted by Gasteiger charge is 2.39. The van der Waals surface area contributed by atoms with Gasteiger partial charge in [-0.05, 0) is 44.7 Å². The Morgan fingerprint density at radius 3 is 2.88 bits per heavy atom. The van der Waals surface area contributed by atoms with Gasteiger partial charge in [0.15, 0.2) is 0 Å². The van der Waals surface area contributed by atoms with Gasteiger partial charge in [-0.3, -0.25) is 4.79 Å². The Balaban J connectivity index is 1.74. The first-order valence-electron chi connectivity index (χ1n) is 8.30. The molecule has 5 nitrogen and oxygen atoms in total. The quantitative estimate of drug-likeness (QED) is 0.856. The minimum absolute atomic E-state index is 0.0258. The molecule has 2 aromatic rings. The lowest BCUT2D eigenvalue weighted by Crippen LogP contribution is -2.52. The van der Waals surface area contributed by atoms with Crippen LogP contribution >= 0.6 is 0 Å². The Bertz CT molecular complexity index is 736. The molecular weight excluding hydrogens is 304 g/mol. The first kappa shape index (κ1) is 16.7. The number of aromatic nitrogens is 1. The lowest BCUT2D eigenvalue weighted by molar-refractivity contribution is -0.124. The van der Waals surface area contributed by atoms with Gasteiger partial charge in [-0.2, -0.15) is 0 Å². The summed E-state index contributed by atoms with van der Waals surface area (Å²) in [5, 5.41) is 3.87. The zero-order valence-corrected chi connectivity index (χ0v) is 14.7. The van der Waals surface area contributed by atoms with E-state index < -0.39 is 0 Å². The number of para-hydroxylation sites is 1. The van der Waals surface area contributed by atoms with Crippen LogP contribution in [0.5, 0.6) is 0 Å². The maximum Gasteiger partial charge on any atom is 0.253 e. The van der Waals surface area contributed by atoms with Gasteiger partial charge in [-0.1, -0.05) is 30.3 Å². The predicted molar refractivity (Wildman–Crippen MR) is 91.9 cm³/mol. The van der Waals surface area contributed by atoms with Crippen molar-refractivity contribution >= 4 is 11.6 Å². The van der Waals surface area contributed by atoms with E-state index in [1.54, 1.807) is 0 Å². The summed E-state index contributed by atoms with van der Waals surface area (Å²) in [6.07, 6.45) is 0.929. The third-order valence-corrected chi connectivity index (χ3v) is 4.52. The molecule has 1 amide bonds. The van der Waals surface area contributed by atoms with Crippen LogP contribution in [0.4, 0.5) is 5.69 Å². The molecule has 128 valence electrons. The van der Waals surface area contributed by atoms with Gasteiger partial charge >= 0.3 is 0 Å². The zero-order valence-electron chi connectivity index (χ0n) is 14.7. The van der Waals surface area contributed by atoms with Gasteiger partial charge in [-0.15, -0.1) is 0 Å². The maximum atomic E-state index is 12.8. The van der Waals surface area contributed by atoms with Crippen LogP contribution in [0.25, 0.3) is 0 Å². The molecule has 0 radical (unpaired) electrons. The van der Waals surface area contributed by atoms with E-state index in [9.17, 15) is 4.79 Å². The van der Waals surface area contributed by atoms with Crippen molar-refractivity contribution in [2.24, 2.45) is 0 Å². The molecular formula is C19H24N2O3. The molecule has 1 unspecified atom stereocenters. The molecule has 1 atom stereocenters. The van der Waals surface area contributed by atoms with E-state index in [4.69, 9.17) is 9.26 Å². The second-order valence-electron chi connectivity index (χ2n) is 7.13. The van der Waals surface area contributed by atoms with Crippen molar-refractivity contribution in [1.82, 2.24) is 5.16 Å². The molecule has 0 N–H and O–H groups in total. The molecule has 0 fully saturated rings. The van der Waals surface area contributed by atoms with Gasteiger partial charge in [0.25, 0.3) is 5.91 Å². The fourth-order valence-electron chi connectivity index (χ4n) is 3.65. The van der Waals surface area contributed by atoms with Crippen LogP contribution < -0.4 is 4.90 Å². The minimum atomic E-state index is -0.237. The number of aryl methyl sites for hydroxylation is 1. The molecule has 1 aliphatic heterocycles. The second kappa shape index (κ2) is 6.40. The highest BCUT2D eigenvalue weighted by Crippen LogP contribution is 2.43. The highest BCUT2D eigenvalue weighted by molar-refractivity contribution is 5.97. The summed E-state index contributed by atoms with van der Waals surface area (Å²) in [5.41, 5.74) is 2.68. The summed E-state index contributed by atoms with van der Waals surface area (Å²) < 4.78 is 10.6. The van der Waals surface area contributed by atoms with Crippen LogP contribution in [0.2, 0.25) is 0 Å². The number of hydrogen-bond donors (Lipinski definition) is 0. The smallest absolute Gasteiger partial charge is 0.253 e. The van der Waals surface area contributed by atoms with Crippen LogP contribution in [0.3, 0.4) is 0 Å². The lowest BCUT2D eigenvalue weighted by atomic mass is 9.80. The topological polar surface area (TPSA) is 55.6 Å². The minimum Gasteiger partial charge on any atom is -0.365 e. The molecule has 0 bridgehead atoms. The number of amides is 1. The van der Waals surface area contributed by atoms with E-state index in [2.05, 4.69) is 32.0 Å². The SMILES string of the molecule is Cc1cc(COCC(=O)N2c3ccccc3C(C)CC2(C)C)no1. The summed E-state index contributed by atoms with van der Waals surface area (Å²) in [6.45, 7) is 8.56. The zero-order chi connectivity index (χ0) is 17.3. The normalized spacial score (nSPS) is 19.2. The number of hydrogen-bond acceptors (Lipinski definition) is 4. The maximum absolute atomic E-state index is 12.8. The van der Waals surface area contributed by atoms with Gasteiger partial charge in [0, 0.05) is 17.3 Å². The average molecular weight is 328 g/mol. The number of anilines is 1. The van der Waals surface area contributed by atoms with Crippen molar-refractivity contribution < 1.29 is 14.1 Å². The summed E-state index contributed by atoms with van der Waals surface area (Å²) >= 11 is 0. The number of ether oxygens (including phenoxy) is 1. The molecule has 1 aliphatic rings. The summed E-state index contributed by atoms with van der Waals surface area (Å²) in [4.78, 5) is 14.7.